The van der Waals surface area contributed by atoms with Crippen LogP contribution in [0.25, 0.3) is 0 Å². The quantitative estimate of drug-likeness (QED) is 0.382. The van der Waals surface area contributed by atoms with Crippen molar-refractivity contribution in [3.63, 3.8) is 0 Å². The molecule has 1 N–H and O–H groups in total. The molecule has 0 aromatic heterocycles. The van der Waals surface area contributed by atoms with Gasteiger partial charge in [0.1, 0.15) is 6.61 Å². The van der Waals surface area contributed by atoms with Gasteiger partial charge in [0.2, 0.25) is 5.78 Å². The van der Waals surface area contributed by atoms with Crippen LogP contribution in [-0.2, 0) is 14.4 Å². The van der Waals surface area contributed by atoms with Gasteiger partial charge < -0.3 is 10.2 Å². The predicted molar refractivity (Wildman–Crippen MR) is 50.4 cm³/mol. The average Bonchev–Trinajstić information content (AvgIpc) is 2.11. The molecule has 15 heavy (non-hydrogen) atoms. The van der Waals surface area contributed by atoms with Crippen molar-refractivity contribution >= 4 is 11.7 Å². The fourth-order valence-corrected chi connectivity index (χ4v) is 0.723. The lowest BCUT2D eigenvalue weighted by molar-refractivity contribution is -0.760. The molecular weight excluding hydrogens is 204 g/mol. The van der Waals surface area contributed by atoms with E-state index in [1.165, 1.54) is 0 Å². The minimum Gasteiger partial charge on any atom is -0.349 e. The summed E-state index contributed by atoms with van der Waals surface area (Å²) < 4.78 is 0. The summed E-state index contributed by atoms with van der Waals surface area (Å²) in [5.74, 6) is -1.30. The third-order valence-electron chi connectivity index (χ3n) is 1.61. The Hall–Kier alpha value is -1.66. The lowest BCUT2D eigenvalue weighted by atomic mass is 9.95. The molecule has 0 bridgehead atoms. The number of hydrogen-bond acceptors (Lipinski definition) is 5. The van der Waals surface area contributed by atoms with Crippen LogP contribution in [0.15, 0.2) is 0 Å². The van der Waals surface area contributed by atoms with E-state index in [1.54, 1.807) is 13.8 Å². The van der Waals surface area contributed by atoms with Crippen LogP contribution >= 0.6 is 0 Å². The highest BCUT2D eigenvalue weighted by Crippen LogP contribution is 2.13. The molecule has 0 heterocycles. The number of nitrogens with zero attached hydrogens (tertiary/aromatic N) is 1. The number of Topliss-reactive ketones (excluding diaryl/α,β-unsaturated/α-hetero) is 1. The zero-order chi connectivity index (χ0) is 12.1. The van der Waals surface area contributed by atoms with Crippen LogP contribution in [-0.4, -0.2) is 29.9 Å². The topological polar surface area (TPSA) is 98.5 Å². The summed E-state index contributed by atoms with van der Waals surface area (Å²) in [6.07, 6.45) is 0. The van der Waals surface area contributed by atoms with E-state index >= 15 is 0 Å². The lowest BCUT2D eigenvalue weighted by Crippen LogP contribution is -2.39. The molecule has 1 amide bonds. The van der Waals surface area contributed by atoms with Gasteiger partial charge in [-0.15, -0.1) is 10.1 Å². The van der Waals surface area contributed by atoms with Gasteiger partial charge in [-0.3, -0.25) is 9.59 Å². The van der Waals surface area contributed by atoms with Crippen molar-refractivity contribution in [1.29, 1.82) is 0 Å². The van der Waals surface area contributed by atoms with Gasteiger partial charge in [-0.25, -0.2) is 0 Å². The Morgan fingerprint density at radius 1 is 1.47 bits per heavy atom. The first kappa shape index (κ1) is 13.3. The van der Waals surface area contributed by atoms with E-state index in [9.17, 15) is 19.7 Å². The summed E-state index contributed by atoms with van der Waals surface area (Å²) in [6.45, 7) is 4.50. The standard InChI is InChI=1S/C8H14N2O5/c1-6(11)7(12)9-4-8(2,3)5-15-10(13)14/h4-5H2,1-3H3,(H,9,12). The van der Waals surface area contributed by atoms with Crippen molar-refractivity contribution in [2.24, 2.45) is 5.41 Å². The molecule has 0 spiro atoms. The summed E-state index contributed by atoms with van der Waals surface area (Å²) in [5, 5.41) is 11.4. The monoisotopic (exact) mass is 218 g/mol. The van der Waals surface area contributed by atoms with E-state index in [0.29, 0.717) is 0 Å². The number of ketones is 1. The van der Waals surface area contributed by atoms with E-state index in [1.807, 2.05) is 0 Å². The summed E-state index contributed by atoms with van der Waals surface area (Å²) in [7, 11) is 0. The highest BCUT2D eigenvalue weighted by Gasteiger charge is 2.21. The van der Waals surface area contributed by atoms with E-state index in [2.05, 4.69) is 10.2 Å². The van der Waals surface area contributed by atoms with E-state index in [4.69, 9.17) is 0 Å². The molecule has 0 aliphatic carbocycles. The first-order valence-electron chi connectivity index (χ1n) is 4.31. The van der Waals surface area contributed by atoms with Crippen LogP contribution in [0.1, 0.15) is 20.8 Å². The zero-order valence-electron chi connectivity index (χ0n) is 8.90. The smallest absolute Gasteiger partial charge is 0.294 e. The lowest BCUT2D eigenvalue weighted by Gasteiger charge is -2.22. The van der Waals surface area contributed by atoms with Crippen molar-refractivity contribution in [3.8, 4) is 0 Å². The van der Waals surface area contributed by atoms with Crippen LogP contribution in [0.2, 0.25) is 0 Å². The first-order valence-corrected chi connectivity index (χ1v) is 4.31. The second-order valence-corrected chi connectivity index (χ2v) is 3.90. The molecule has 0 radical (unpaired) electrons. The maximum atomic E-state index is 10.9. The number of nitrogens with one attached hydrogen (secondary N) is 1. The molecular formula is C8H14N2O5. The van der Waals surface area contributed by atoms with Crippen LogP contribution in [0.5, 0.6) is 0 Å². The highest BCUT2D eigenvalue weighted by molar-refractivity contribution is 6.35. The van der Waals surface area contributed by atoms with Gasteiger partial charge in [0.25, 0.3) is 11.0 Å². The van der Waals surface area contributed by atoms with E-state index in [0.717, 1.165) is 6.92 Å². The van der Waals surface area contributed by atoms with E-state index < -0.39 is 22.2 Å². The number of hydrogen-bond donors (Lipinski definition) is 1. The van der Waals surface area contributed by atoms with Gasteiger partial charge in [-0.2, -0.15) is 0 Å². The summed E-state index contributed by atoms with van der Waals surface area (Å²) in [5.41, 5.74) is -0.599. The normalized spacial score (nSPS) is 10.6. The molecule has 0 unspecified atom stereocenters. The number of carbonyl (C=O) groups is 2. The zero-order valence-corrected chi connectivity index (χ0v) is 8.90. The molecule has 0 saturated heterocycles. The molecule has 0 saturated carbocycles. The van der Waals surface area contributed by atoms with E-state index in [-0.39, 0.29) is 13.2 Å². The van der Waals surface area contributed by atoms with Gasteiger partial charge >= 0.3 is 0 Å². The Morgan fingerprint density at radius 3 is 2.40 bits per heavy atom. The minimum absolute atomic E-state index is 0.138. The van der Waals surface area contributed by atoms with Crippen LogP contribution in [0, 0.1) is 15.5 Å². The summed E-state index contributed by atoms with van der Waals surface area (Å²) in [4.78, 5) is 35.6. The fourth-order valence-electron chi connectivity index (χ4n) is 0.723. The van der Waals surface area contributed by atoms with Crippen molar-refractivity contribution < 1.29 is 19.5 Å². The average molecular weight is 218 g/mol. The second kappa shape index (κ2) is 5.28. The first-order chi connectivity index (χ1) is 6.74. The molecule has 0 atom stereocenters. The van der Waals surface area contributed by atoms with Crippen molar-refractivity contribution in [2.75, 3.05) is 13.2 Å². The van der Waals surface area contributed by atoms with Gasteiger partial charge in [0, 0.05) is 18.9 Å². The SMILES string of the molecule is CC(=O)C(=O)NCC(C)(C)CO[N+](=O)[O-]. The molecule has 0 aliphatic heterocycles. The van der Waals surface area contributed by atoms with Gasteiger partial charge in [0.05, 0.1) is 0 Å². The third kappa shape index (κ3) is 6.42. The summed E-state index contributed by atoms with van der Waals surface area (Å²) in [6, 6.07) is 0. The van der Waals surface area contributed by atoms with Crippen LogP contribution in [0.4, 0.5) is 0 Å². The van der Waals surface area contributed by atoms with Crippen molar-refractivity contribution in [3.05, 3.63) is 10.1 Å². The van der Waals surface area contributed by atoms with Crippen LogP contribution in [0.3, 0.4) is 0 Å². The molecule has 0 aromatic rings. The van der Waals surface area contributed by atoms with Gasteiger partial charge in [-0.1, -0.05) is 13.8 Å². The molecule has 7 heteroatoms. The fraction of sp³-hybridized carbons (Fsp3) is 0.750. The number of rotatable bonds is 6. The minimum atomic E-state index is -0.894. The van der Waals surface area contributed by atoms with Crippen molar-refractivity contribution in [1.82, 2.24) is 5.32 Å². The maximum Gasteiger partial charge on any atom is 0.294 e. The molecule has 0 aliphatic rings. The van der Waals surface area contributed by atoms with Crippen molar-refractivity contribution in [2.45, 2.75) is 20.8 Å². The maximum absolute atomic E-state index is 10.9. The summed E-state index contributed by atoms with van der Waals surface area (Å²) >= 11 is 0. The molecule has 7 nitrogen and oxygen atoms in total. The largest absolute Gasteiger partial charge is 0.349 e. The Bertz CT molecular complexity index is 274. The van der Waals surface area contributed by atoms with Crippen LogP contribution < -0.4 is 5.32 Å². The van der Waals surface area contributed by atoms with Gasteiger partial charge in [0.15, 0.2) is 0 Å². The Labute approximate surface area is 86.9 Å². The Morgan fingerprint density at radius 2 is 2.00 bits per heavy atom. The second-order valence-electron chi connectivity index (χ2n) is 3.90. The Balaban J connectivity index is 3.98. The Kier molecular flexibility index (Phi) is 4.69. The predicted octanol–water partition coefficient (Wildman–Crippen LogP) is -0.0739. The van der Waals surface area contributed by atoms with Gasteiger partial charge in [-0.05, 0) is 0 Å². The molecule has 0 fully saturated rings. The number of carbonyl (C=O) groups excluding carboxylic acids is 2. The third-order valence-corrected chi connectivity index (χ3v) is 1.61. The number of amides is 1. The molecule has 86 valence electrons. The molecule has 0 aromatic carbocycles. The highest BCUT2D eigenvalue weighted by atomic mass is 16.9. The molecule has 0 rings (SSSR count).